The Morgan fingerprint density at radius 2 is 2.40 bits per heavy atom. The number of hydrogen-bond donors (Lipinski definition) is 2. The highest BCUT2D eigenvalue weighted by atomic mass is 16.3. The van der Waals surface area contributed by atoms with Gasteiger partial charge in [0.05, 0.1) is 0 Å². The van der Waals surface area contributed by atoms with Crippen LogP contribution in [0.1, 0.15) is 18.4 Å². The van der Waals surface area contributed by atoms with Crippen LogP contribution in [0.4, 0.5) is 0 Å². The number of phenolic OH excluding ortho intramolecular Hbond substituents is 1. The fraction of sp³-hybridized carbons (Fsp3) is 0.538. The van der Waals surface area contributed by atoms with Crippen LogP contribution in [0.25, 0.3) is 0 Å². The fourth-order valence-electron chi connectivity index (χ4n) is 3.17. The van der Waals surface area contributed by atoms with Crippen molar-refractivity contribution in [2.45, 2.75) is 19.3 Å². The van der Waals surface area contributed by atoms with E-state index < -0.39 is 0 Å². The largest absolute Gasteiger partial charge is 0.508 e. The monoisotopic (exact) mass is 203 g/mol. The van der Waals surface area contributed by atoms with Crippen LogP contribution in [0.5, 0.6) is 5.75 Å². The molecule has 1 aliphatic carbocycles. The molecular formula is C13H17NO. The van der Waals surface area contributed by atoms with Gasteiger partial charge in [-0.25, -0.2) is 0 Å². The van der Waals surface area contributed by atoms with Crippen LogP contribution in [-0.2, 0) is 6.42 Å². The summed E-state index contributed by atoms with van der Waals surface area (Å²) in [6.07, 6.45) is 3.85. The molecule has 0 radical (unpaired) electrons. The van der Waals surface area contributed by atoms with Crippen LogP contribution >= 0.6 is 0 Å². The van der Waals surface area contributed by atoms with E-state index in [0.717, 1.165) is 18.9 Å². The highest BCUT2D eigenvalue weighted by Crippen LogP contribution is 2.51. The predicted octanol–water partition coefficient (Wildman–Crippen LogP) is 1.93. The van der Waals surface area contributed by atoms with Gasteiger partial charge >= 0.3 is 0 Å². The minimum Gasteiger partial charge on any atom is -0.508 e. The number of nitrogens with one attached hydrogen (secondary N) is 1. The second-order valence-corrected chi connectivity index (χ2v) is 5.08. The van der Waals surface area contributed by atoms with Crippen molar-refractivity contribution < 1.29 is 5.11 Å². The molecule has 2 heteroatoms. The third-order valence-electron chi connectivity index (χ3n) is 4.19. The van der Waals surface area contributed by atoms with Crippen LogP contribution in [-0.4, -0.2) is 18.2 Å². The predicted molar refractivity (Wildman–Crippen MR) is 59.8 cm³/mol. The van der Waals surface area contributed by atoms with E-state index in [1.165, 1.54) is 24.9 Å². The number of phenols is 1. The van der Waals surface area contributed by atoms with Crippen molar-refractivity contribution in [1.82, 2.24) is 5.32 Å². The van der Waals surface area contributed by atoms with Gasteiger partial charge in [-0.2, -0.15) is 0 Å². The first kappa shape index (κ1) is 9.22. The Morgan fingerprint density at radius 1 is 1.47 bits per heavy atom. The molecule has 0 amide bonds. The van der Waals surface area contributed by atoms with Crippen molar-refractivity contribution >= 4 is 0 Å². The summed E-state index contributed by atoms with van der Waals surface area (Å²) in [5.74, 6) is 1.27. The average molecular weight is 203 g/mol. The zero-order valence-corrected chi connectivity index (χ0v) is 8.87. The smallest absolute Gasteiger partial charge is 0.115 e. The molecule has 3 rings (SSSR count). The molecule has 0 aromatic heterocycles. The van der Waals surface area contributed by atoms with E-state index in [2.05, 4.69) is 11.4 Å². The molecule has 1 aromatic carbocycles. The molecule has 2 aliphatic rings. The van der Waals surface area contributed by atoms with E-state index in [4.69, 9.17) is 0 Å². The molecule has 1 heterocycles. The lowest BCUT2D eigenvalue weighted by atomic mass is 9.59. The maximum Gasteiger partial charge on any atom is 0.115 e. The van der Waals surface area contributed by atoms with E-state index in [-0.39, 0.29) is 0 Å². The summed E-state index contributed by atoms with van der Waals surface area (Å²) in [4.78, 5) is 0. The SMILES string of the molecule is Oc1cccc(CC23CCC2CNC3)c1. The van der Waals surface area contributed by atoms with E-state index in [1.54, 1.807) is 6.07 Å². The first-order chi connectivity index (χ1) is 7.28. The third kappa shape index (κ3) is 1.44. The molecule has 2 unspecified atom stereocenters. The van der Waals surface area contributed by atoms with E-state index in [0.29, 0.717) is 11.2 Å². The summed E-state index contributed by atoms with van der Waals surface area (Å²) >= 11 is 0. The minimum atomic E-state index is 0.394. The standard InChI is InChI=1S/C13H17NO/c15-12-3-1-2-10(6-12)7-13-5-4-11(13)8-14-9-13/h1-3,6,11,14-15H,4-5,7-9H2. The first-order valence-corrected chi connectivity index (χ1v) is 5.77. The molecule has 1 aromatic rings. The molecular weight excluding hydrogens is 186 g/mol. The molecule has 80 valence electrons. The molecule has 2 nitrogen and oxygen atoms in total. The minimum absolute atomic E-state index is 0.394. The molecule has 2 atom stereocenters. The van der Waals surface area contributed by atoms with Crippen molar-refractivity contribution in [1.29, 1.82) is 0 Å². The second kappa shape index (κ2) is 3.24. The highest BCUT2D eigenvalue weighted by molar-refractivity contribution is 5.29. The quantitative estimate of drug-likeness (QED) is 0.770. The molecule has 2 N–H and O–H groups in total. The Morgan fingerprint density at radius 3 is 3.07 bits per heavy atom. The van der Waals surface area contributed by atoms with Gasteiger partial charge in [0.1, 0.15) is 5.75 Å². The Labute approximate surface area is 90.3 Å². The van der Waals surface area contributed by atoms with Crippen molar-refractivity contribution in [2.24, 2.45) is 11.3 Å². The van der Waals surface area contributed by atoms with E-state index in [1.807, 2.05) is 12.1 Å². The molecule has 1 aliphatic heterocycles. The Balaban J connectivity index is 1.80. The normalized spacial score (nSPS) is 33.5. The highest BCUT2D eigenvalue weighted by Gasteiger charge is 2.49. The van der Waals surface area contributed by atoms with Gasteiger partial charge in [-0.15, -0.1) is 0 Å². The van der Waals surface area contributed by atoms with Gasteiger partial charge in [-0.3, -0.25) is 0 Å². The number of fused-ring (bicyclic) bond motifs is 1. The van der Waals surface area contributed by atoms with Gasteiger partial charge in [-0.1, -0.05) is 12.1 Å². The Kier molecular flexibility index (Phi) is 1.99. The van der Waals surface area contributed by atoms with Gasteiger partial charge in [0.15, 0.2) is 0 Å². The lowest BCUT2D eigenvalue weighted by Gasteiger charge is -2.44. The summed E-state index contributed by atoms with van der Waals surface area (Å²) in [5, 5.41) is 12.9. The van der Waals surface area contributed by atoms with Gasteiger partial charge in [0.25, 0.3) is 0 Å². The lowest BCUT2D eigenvalue weighted by molar-refractivity contribution is 0.0864. The molecule has 2 fully saturated rings. The summed E-state index contributed by atoms with van der Waals surface area (Å²) in [5.41, 5.74) is 1.79. The van der Waals surface area contributed by atoms with Crippen molar-refractivity contribution in [2.75, 3.05) is 13.1 Å². The number of rotatable bonds is 2. The zero-order valence-electron chi connectivity index (χ0n) is 8.87. The topological polar surface area (TPSA) is 32.3 Å². The number of aromatic hydroxyl groups is 1. The zero-order chi connectivity index (χ0) is 10.3. The molecule has 0 bridgehead atoms. The van der Waals surface area contributed by atoms with Crippen LogP contribution < -0.4 is 5.32 Å². The summed E-state index contributed by atoms with van der Waals surface area (Å²) in [6.45, 7) is 2.35. The van der Waals surface area contributed by atoms with Crippen molar-refractivity contribution in [3.05, 3.63) is 29.8 Å². The Bertz CT molecular complexity index is 377. The van der Waals surface area contributed by atoms with E-state index in [9.17, 15) is 5.11 Å². The van der Waals surface area contributed by atoms with Crippen molar-refractivity contribution in [3.8, 4) is 5.75 Å². The average Bonchev–Trinajstić information content (AvgIpc) is 2.45. The summed E-state index contributed by atoms with van der Waals surface area (Å²) < 4.78 is 0. The van der Waals surface area contributed by atoms with E-state index >= 15 is 0 Å². The van der Waals surface area contributed by atoms with Gasteiger partial charge in [0.2, 0.25) is 0 Å². The molecule has 0 spiro atoms. The van der Waals surface area contributed by atoms with Gasteiger partial charge < -0.3 is 10.4 Å². The third-order valence-corrected chi connectivity index (χ3v) is 4.19. The maximum absolute atomic E-state index is 9.44. The first-order valence-electron chi connectivity index (χ1n) is 5.77. The van der Waals surface area contributed by atoms with Gasteiger partial charge in [-0.05, 0) is 54.8 Å². The summed E-state index contributed by atoms with van der Waals surface area (Å²) in [6, 6.07) is 7.72. The van der Waals surface area contributed by atoms with Crippen LogP contribution in [0.3, 0.4) is 0 Å². The molecule has 1 saturated carbocycles. The lowest BCUT2D eigenvalue weighted by Crippen LogP contribution is -2.41. The summed E-state index contributed by atoms with van der Waals surface area (Å²) in [7, 11) is 0. The van der Waals surface area contributed by atoms with Crippen LogP contribution in [0.15, 0.2) is 24.3 Å². The fourth-order valence-corrected chi connectivity index (χ4v) is 3.17. The number of hydrogen-bond acceptors (Lipinski definition) is 2. The molecule has 15 heavy (non-hydrogen) atoms. The second-order valence-electron chi connectivity index (χ2n) is 5.08. The van der Waals surface area contributed by atoms with Crippen LogP contribution in [0.2, 0.25) is 0 Å². The molecule has 1 saturated heterocycles. The maximum atomic E-state index is 9.44. The number of benzene rings is 1. The van der Waals surface area contributed by atoms with Crippen molar-refractivity contribution in [3.63, 3.8) is 0 Å². The van der Waals surface area contributed by atoms with Gasteiger partial charge in [0, 0.05) is 6.54 Å². The van der Waals surface area contributed by atoms with Crippen LogP contribution in [0, 0.1) is 11.3 Å². The Hall–Kier alpha value is -1.02.